The Morgan fingerprint density at radius 2 is 1.25 bits per heavy atom. The number of hydrogen-bond donors (Lipinski definition) is 1. The number of halogens is 1. The number of nitrogens with one attached hydrogen (secondary N) is 1. The molecular weight excluding hydrogens is 418 g/mol. The second-order valence-corrected chi connectivity index (χ2v) is 8.88. The van der Waals surface area contributed by atoms with E-state index in [0.29, 0.717) is 6.54 Å². The summed E-state index contributed by atoms with van der Waals surface area (Å²) in [7, 11) is 0. The fourth-order valence-corrected chi connectivity index (χ4v) is 3.94. The van der Waals surface area contributed by atoms with Gasteiger partial charge in [0.05, 0.1) is 13.2 Å². The molecule has 0 amide bonds. The molecule has 1 rings (SSSR count). The molecule has 0 spiro atoms. The van der Waals surface area contributed by atoms with Gasteiger partial charge in [-0.3, -0.25) is 4.79 Å². The standard InChI is InChI=1S/C28H49NO2.ClH/c1-3-5-6-7-8-9-10-11-12-13-14-15-16-17-18-19-23-31-27-22-20-21-26(24-27)28(30)25-29-4-2;/h20-22,24,29H,3-19,23,25H2,1-2H3;1H. The summed E-state index contributed by atoms with van der Waals surface area (Å²) in [6.45, 7) is 6.22. The lowest BCUT2D eigenvalue weighted by Gasteiger charge is -2.08. The Morgan fingerprint density at radius 1 is 0.750 bits per heavy atom. The van der Waals surface area contributed by atoms with E-state index in [2.05, 4.69) is 12.2 Å². The molecule has 0 aliphatic rings. The fourth-order valence-electron chi connectivity index (χ4n) is 3.94. The van der Waals surface area contributed by atoms with Crippen molar-refractivity contribution in [3.05, 3.63) is 29.8 Å². The van der Waals surface area contributed by atoms with Gasteiger partial charge in [0.15, 0.2) is 5.78 Å². The van der Waals surface area contributed by atoms with Crippen molar-refractivity contribution < 1.29 is 9.53 Å². The van der Waals surface area contributed by atoms with Crippen molar-refractivity contribution in [1.82, 2.24) is 5.32 Å². The number of carbonyl (C=O) groups excluding carboxylic acids is 1. The maximum atomic E-state index is 12.1. The molecular formula is C28H50ClNO2. The van der Waals surface area contributed by atoms with Crippen LogP contribution in [0.2, 0.25) is 0 Å². The highest BCUT2D eigenvalue weighted by Crippen LogP contribution is 2.16. The van der Waals surface area contributed by atoms with Crippen molar-refractivity contribution in [2.75, 3.05) is 19.7 Å². The Morgan fingerprint density at radius 3 is 1.75 bits per heavy atom. The van der Waals surface area contributed by atoms with Crippen molar-refractivity contribution in [2.45, 2.75) is 117 Å². The van der Waals surface area contributed by atoms with E-state index in [0.717, 1.165) is 30.9 Å². The minimum absolute atomic E-state index is 0. The van der Waals surface area contributed by atoms with Crippen molar-refractivity contribution in [1.29, 1.82) is 0 Å². The van der Waals surface area contributed by atoms with Crippen LogP contribution in [0.5, 0.6) is 5.75 Å². The average Bonchev–Trinajstić information content (AvgIpc) is 2.79. The number of carbonyl (C=O) groups is 1. The maximum Gasteiger partial charge on any atom is 0.176 e. The third kappa shape index (κ3) is 17.5. The maximum absolute atomic E-state index is 12.1. The summed E-state index contributed by atoms with van der Waals surface area (Å²) < 4.78 is 5.85. The van der Waals surface area contributed by atoms with Crippen LogP contribution in [0, 0.1) is 0 Å². The van der Waals surface area contributed by atoms with Crippen LogP contribution in [-0.2, 0) is 0 Å². The van der Waals surface area contributed by atoms with E-state index in [1.165, 1.54) is 96.3 Å². The van der Waals surface area contributed by atoms with E-state index >= 15 is 0 Å². The normalized spacial score (nSPS) is 10.7. The summed E-state index contributed by atoms with van der Waals surface area (Å²) in [6, 6.07) is 7.58. The van der Waals surface area contributed by atoms with Gasteiger partial charge < -0.3 is 10.1 Å². The molecule has 32 heavy (non-hydrogen) atoms. The molecule has 0 aliphatic heterocycles. The molecule has 1 aromatic rings. The molecule has 0 bridgehead atoms. The van der Waals surface area contributed by atoms with Gasteiger partial charge in [0.1, 0.15) is 5.75 Å². The molecule has 0 fully saturated rings. The van der Waals surface area contributed by atoms with Gasteiger partial charge in [0, 0.05) is 5.56 Å². The first kappa shape index (κ1) is 30.9. The Labute approximate surface area is 204 Å². The Hall–Kier alpha value is -1.06. The van der Waals surface area contributed by atoms with Gasteiger partial charge in [-0.05, 0) is 25.1 Å². The first-order chi connectivity index (χ1) is 15.3. The van der Waals surface area contributed by atoms with E-state index in [1.54, 1.807) is 0 Å². The minimum Gasteiger partial charge on any atom is -0.494 e. The molecule has 1 N–H and O–H groups in total. The Balaban J connectivity index is 0.00000961. The molecule has 0 heterocycles. The Kier molecular flexibility index (Phi) is 22.3. The topological polar surface area (TPSA) is 38.3 Å². The van der Waals surface area contributed by atoms with Crippen molar-refractivity contribution >= 4 is 18.2 Å². The summed E-state index contributed by atoms with van der Waals surface area (Å²) in [4.78, 5) is 12.1. The lowest BCUT2D eigenvalue weighted by atomic mass is 10.0. The van der Waals surface area contributed by atoms with Gasteiger partial charge in [0.2, 0.25) is 0 Å². The van der Waals surface area contributed by atoms with Crippen LogP contribution < -0.4 is 10.1 Å². The summed E-state index contributed by atoms with van der Waals surface area (Å²) in [5.41, 5.74) is 0.727. The predicted molar refractivity (Wildman–Crippen MR) is 142 cm³/mol. The third-order valence-electron chi connectivity index (χ3n) is 5.96. The highest BCUT2D eigenvalue weighted by Gasteiger charge is 2.06. The fraction of sp³-hybridized carbons (Fsp3) is 0.750. The highest BCUT2D eigenvalue weighted by atomic mass is 35.5. The monoisotopic (exact) mass is 467 g/mol. The Bertz CT molecular complexity index is 550. The summed E-state index contributed by atoms with van der Waals surface area (Å²) >= 11 is 0. The SMILES string of the molecule is CCCCCCCCCCCCCCCCCCOc1cccc(C(=O)CNCC)c1.Cl. The quantitative estimate of drug-likeness (QED) is 0.137. The van der Waals surface area contributed by atoms with Gasteiger partial charge in [-0.25, -0.2) is 0 Å². The molecule has 0 radical (unpaired) electrons. The molecule has 0 aliphatic carbocycles. The molecule has 186 valence electrons. The molecule has 0 saturated heterocycles. The zero-order chi connectivity index (χ0) is 22.4. The van der Waals surface area contributed by atoms with Crippen molar-refractivity contribution in [2.24, 2.45) is 0 Å². The van der Waals surface area contributed by atoms with Gasteiger partial charge in [-0.15, -0.1) is 12.4 Å². The minimum atomic E-state index is 0. The highest BCUT2D eigenvalue weighted by molar-refractivity contribution is 5.97. The number of likely N-dealkylation sites (N-methyl/N-ethyl adjacent to an activating group) is 1. The summed E-state index contributed by atoms with van der Waals surface area (Å²) in [5.74, 6) is 0.929. The number of unbranched alkanes of at least 4 members (excludes halogenated alkanes) is 15. The molecule has 4 heteroatoms. The number of ketones is 1. The lowest BCUT2D eigenvalue weighted by molar-refractivity contribution is 0.0991. The number of Topliss-reactive ketones (excluding diaryl/α,β-unsaturated/α-hetero) is 1. The van der Waals surface area contributed by atoms with Gasteiger partial charge in [-0.1, -0.05) is 122 Å². The van der Waals surface area contributed by atoms with Crippen LogP contribution in [0.15, 0.2) is 24.3 Å². The number of ether oxygens (including phenoxy) is 1. The second kappa shape index (κ2) is 23.1. The molecule has 1 aromatic carbocycles. The zero-order valence-electron chi connectivity index (χ0n) is 21.0. The van der Waals surface area contributed by atoms with Gasteiger partial charge in [0.25, 0.3) is 0 Å². The van der Waals surface area contributed by atoms with Crippen LogP contribution in [0.4, 0.5) is 0 Å². The van der Waals surface area contributed by atoms with Gasteiger partial charge in [-0.2, -0.15) is 0 Å². The summed E-state index contributed by atoms with van der Waals surface area (Å²) in [6.07, 6.45) is 22.0. The first-order valence-electron chi connectivity index (χ1n) is 13.2. The van der Waals surface area contributed by atoms with Crippen molar-refractivity contribution in [3.63, 3.8) is 0 Å². The largest absolute Gasteiger partial charge is 0.494 e. The molecule has 0 saturated carbocycles. The molecule has 0 aromatic heterocycles. The first-order valence-corrected chi connectivity index (χ1v) is 13.2. The average molecular weight is 468 g/mol. The third-order valence-corrected chi connectivity index (χ3v) is 5.96. The van der Waals surface area contributed by atoms with E-state index in [9.17, 15) is 4.79 Å². The van der Waals surface area contributed by atoms with Crippen LogP contribution in [0.25, 0.3) is 0 Å². The number of rotatable bonds is 22. The molecule has 0 unspecified atom stereocenters. The van der Waals surface area contributed by atoms with E-state index in [4.69, 9.17) is 4.74 Å². The van der Waals surface area contributed by atoms with Crippen LogP contribution in [0.1, 0.15) is 127 Å². The zero-order valence-corrected chi connectivity index (χ0v) is 21.8. The van der Waals surface area contributed by atoms with E-state index in [-0.39, 0.29) is 18.2 Å². The van der Waals surface area contributed by atoms with E-state index < -0.39 is 0 Å². The van der Waals surface area contributed by atoms with Crippen LogP contribution in [0.3, 0.4) is 0 Å². The lowest BCUT2D eigenvalue weighted by Crippen LogP contribution is -2.22. The van der Waals surface area contributed by atoms with E-state index in [1.807, 2.05) is 31.2 Å². The number of hydrogen-bond acceptors (Lipinski definition) is 3. The predicted octanol–water partition coefficient (Wildman–Crippen LogP) is 8.54. The van der Waals surface area contributed by atoms with Crippen LogP contribution in [-0.4, -0.2) is 25.5 Å². The molecule has 3 nitrogen and oxygen atoms in total. The number of benzene rings is 1. The smallest absolute Gasteiger partial charge is 0.176 e. The molecule has 0 atom stereocenters. The summed E-state index contributed by atoms with van der Waals surface area (Å²) in [5, 5.41) is 3.08. The second-order valence-electron chi connectivity index (χ2n) is 8.88. The van der Waals surface area contributed by atoms with Gasteiger partial charge >= 0.3 is 0 Å². The van der Waals surface area contributed by atoms with Crippen LogP contribution >= 0.6 is 12.4 Å². The van der Waals surface area contributed by atoms with Crippen molar-refractivity contribution in [3.8, 4) is 5.75 Å².